The Morgan fingerprint density at radius 2 is 2.19 bits per heavy atom. The third-order valence-corrected chi connectivity index (χ3v) is 2.95. The number of halogens is 1. The second kappa shape index (κ2) is 7.42. The summed E-state index contributed by atoms with van der Waals surface area (Å²) in [4.78, 5) is 10.5. The van der Waals surface area contributed by atoms with Crippen LogP contribution < -0.4 is 0 Å². The molecule has 0 heterocycles. The molecule has 0 radical (unpaired) electrons. The number of rotatable bonds is 7. The lowest BCUT2D eigenvalue weighted by molar-refractivity contribution is -0.141. The minimum absolute atomic E-state index is 0.0693. The molecule has 1 unspecified atom stereocenters. The second-order valence-electron chi connectivity index (χ2n) is 4.46. The van der Waals surface area contributed by atoms with Crippen molar-refractivity contribution >= 4 is 5.97 Å². The zero-order valence-corrected chi connectivity index (χ0v) is 10.0. The van der Waals surface area contributed by atoms with Crippen LogP contribution in [0.2, 0.25) is 0 Å². The lowest BCUT2D eigenvalue weighted by Gasteiger charge is -2.06. The molecule has 0 amide bonds. The first-order valence-corrected chi connectivity index (χ1v) is 6.18. The maximum absolute atomic E-state index is 12.7. The molecule has 0 spiro atoms. The highest BCUT2D eigenvalue weighted by atomic mass is 19.1. The largest absolute Gasteiger partial charge is 0.466 e. The average molecular weight is 228 g/mol. The van der Waals surface area contributed by atoms with Gasteiger partial charge in [0.05, 0.1) is 12.4 Å². The molecular formula is C13H21FO2. The number of esters is 1. The van der Waals surface area contributed by atoms with Crippen molar-refractivity contribution in [2.75, 3.05) is 6.61 Å². The summed E-state index contributed by atoms with van der Waals surface area (Å²) in [7, 11) is 0. The van der Waals surface area contributed by atoms with Gasteiger partial charge in [0.15, 0.2) is 0 Å². The zero-order chi connectivity index (χ0) is 11.8. The predicted molar refractivity (Wildman–Crippen MR) is 61.6 cm³/mol. The molecule has 1 rings (SSSR count). The number of hydrogen-bond acceptors (Lipinski definition) is 2. The van der Waals surface area contributed by atoms with E-state index in [1.54, 1.807) is 6.08 Å². The van der Waals surface area contributed by atoms with Crippen LogP contribution in [0.1, 0.15) is 51.9 Å². The van der Waals surface area contributed by atoms with Crippen molar-refractivity contribution in [1.82, 2.24) is 0 Å². The van der Waals surface area contributed by atoms with Crippen molar-refractivity contribution in [3.8, 4) is 0 Å². The molecule has 1 atom stereocenters. The Morgan fingerprint density at radius 3 is 2.81 bits per heavy atom. The van der Waals surface area contributed by atoms with Crippen LogP contribution in [-0.2, 0) is 9.53 Å². The van der Waals surface area contributed by atoms with Crippen LogP contribution >= 0.6 is 0 Å². The maximum Gasteiger partial charge on any atom is 0.302 e. The highest BCUT2D eigenvalue weighted by Crippen LogP contribution is 2.28. The number of carbonyl (C=O) groups is 1. The third kappa shape index (κ3) is 5.89. The third-order valence-electron chi connectivity index (χ3n) is 2.95. The van der Waals surface area contributed by atoms with E-state index in [9.17, 15) is 9.18 Å². The van der Waals surface area contributed by atoms with Gasteiger partial charge in [-0.05, 0) is 37.7 Å². The van der Waals surface area contributed by atoms with Gasteiger partial charge in [-0.2, -0.15) is 0 Å². The number of allylic oxidation sites excluding steroid dienone is 2. The van der Waals surface area contributed by atoms with Crippen molar-refractivity contribution in [3.63, 3.8) is 0 Å². The molecule has 1 aliphatic rings. The number of unbranched alkanes of at least 4 members (excludes halogenated alkanes) is 3. The highest BCUT2D eigenvalue weighted by molar-refractivity contribution is 5.65. The van der Waals surface area contributed by atoms with Crippen LogP contribution in [-0.4, -0.2) is 12.6 Å². The smallest absolute Gasteiger partial charge is 0.302 e. The van der Waals surface area contributed by atoms with Crippen molar-refractivity contribution in [2.45, 2.75) is 51.9 Å². The normalized spacial score (nSPS) is 19.6. The molecular weight excluding hydrogens is 207 g/mol. The molecule has 3 heteroatoms. The Labute approximate surface area is 96.9 Å². The van der Waals surface area contributed by atoms with Crippen molar-refractivity contribution in [2.24, 2.45) is 5.92 Å². The van der Waals surface area contributed by atoms with E-state index < -0.39 is 0 Å². The Bertz CT molecular complexity index is 248. The summed E-state index contributed by atoms with van der Waals surface area (Å²) in [5.41, 5.74) is 0. The minimum atomic E-state index is -0.202. The van der Waals surface area contributed by atoms with Gasteiger partial charge in [0, 0.05) is 6.92 Å². The predicted octanol–water partition coefficient (Wildman–Crippen LogP) is 3.76. The molecule has 2 nitrogen and oxygen atoms in total. The second-order valence-corrected chi connectivity index (χ2v) is 4.46. The van der Waals surface area contributed by atoms with Gasteiger partial charge in [-0.3, -0.25) is 4.79 Å². The van der Waals surface area contributed by atoms with E-state index in [1.807, 2.05) is 0 Å². The fraction of sp³-hybridized carbons (Fsp3) is 0.769. The summed E-state index contributed by atoms with van der Waals surface area (Å²) in [6.07, 6.45) is 8.82. The monoisotopic (exact) mass is 228 g/mol. The average Bonchev–Trinajstić information content (AvgIpc) is 2.62. The SMILES string of the molecule is CC(=O)OCCCCCCC1C=C(F)CC1. The molecule has 0 aliphatic heterocycles. The van der Waals surface area contributed by atoms with Gasteiger partial charge >= 0.3 is 5.97 Å². The van der Waals surface area contributed by atoms with E-state index in [0.717, 1.165) is 38.5 Å². The maximum atomic E-state index is 12.7. The van der Waals surface area contributed by atoms with Crippen molar-refractivity contribution in [1.29, 1.82) is 0 Å². The minimum Gasteiger partial charge on any atom is -0.466 e. The molecule has 0 fully saturated rings. The molecule has 0 saturated heterocycles. The lowest BCUT2D eigenvalue weighted by Crippen LogP contribution is -2.00. The van der Waals surface area contributed by atoms with Crippen LogP contribution in [0.3, 0.4) is 0 Å². The summed E-state index contributed by atoms with van der Waals surface area (Å²) >= 11 is 0. The summed E-state index contributed by atoms with van der Waals surface area (Å²) in [6, 6.07) is 0. The number of hydrogen-bond donors (Lipinski definition) is 0. The first-order valence-electron chi connectivity index (χ1n) is 6.18. The van der Waals surface area contributed by atoms with Crippen molar-refractivity contribution < 1.29 is 13.9 Å². The van der Waals surface area contributed by atoms with Gasteiger partial charge in [-0.15, -0.1) is 0 Å². The van der Waals surface area contributed by atoms with Crippen LogP contribution in [0.4, 0.5) is 4.39 Å². The van der Waals surface area contributed by atoms with Gasteiger partial charge in [0.1, 0.15) is 0 Å². The van der Waals surface area contributed by atoms with E-state index in [2.05, 4.69) is 0 Å². The molecule has 0 aromatic rings. The van der Waals surface area contributed by atoms with Gasteiger partial charge < -0.3 is 4.74 Å². The summed E-state index contributed by atoms with van der Waals surface area (Å²) in [5, 5.41) is 0. The number of ether oxygens (including phenoxy) is 1. The molecule has 1 aliphatic carbocycles. The van der Waals surface area contributed by atoms with E-state index in [4.69, 9.17) is 4.74 Å². The summed E-state index contributed by atoms with van der Waals surface area (Å²) < 4.78 is 17.6. The molecule has 16 heavy (non-hydrogen) atoms. The van der Waals surface area contributed by atoms with Gasteiger partial charge in [0.25, 0.3) is 0 Å². The van der Waals surface area contributed by atoms with Crippen molar-refractivity contribution in [3.05, 3.63) is 11.9 Å². The Morgan fingerprint density at radius 1 is 1.44 bits per heavy atom. The molecule has 92 valence electrons. The van der Waals surface area contributed by atoms with Gasteiger partial charge in [-0.25, -0.2) is 4.39 Å². The Kier molecular flexibility index (Phi) is 6.12. The fourth-order valence-electron chi connectivity index (χ4n) is 2.05. The van der Waals surface area contributed by atoms with E-state index in [0.29, 0.717) is 18.9 Å². The van der Waals surface area contributed by atoms with E-state index >= 15 is 0 Å². The van der Waals surface area contributed by atoms with Gasteiger partial charge in [-0.1, -0.05) is 19.3 Å². The molecule has 0 aromatic heterocycles. The summed E-state index contributed by atoms with van der Waals surface area (Å²) in [6.45, 7) is 1.97. The van der Waals surface area contributed by atoms with E-state index in [-0.39, 0.29) is 11.8 Å². The molecule has 0 bridgehead atoms. The Hall–Kier alpha value is -0.860. The van der Waals surface area contributed by atoms with Crippen LogP contribution in [0.5, 0.6) is 0 Å². The summed E-state index contributed by atoms with van der Waals surface area (Å²) in [5.74, 6) is 0.333. The number of carbonyl (C=O) groups excluding carboxylic acids is 1. The van der Waals surface area contributed by atoms with Crippen LogP contribution in [0.25, 0.3) is 0 Å². The standard InChI is InChI=1S/C13H21FO2/c1-11(15)16-9-5-3-2-4-6-12-7-8-13(14)10-12/h10,12H,2-9H2,1H3. The van der Waals surface area contributed by atoms with E-state index in [1.165, 1.54) is 6.92 Å². The van der Waals surface area contributed by atoms with Crippen LogP contribution in [0.15, 0.2) is 11.9 Å². The fourth-order valence-corrected chi connectivity index (χ4v) is 2.05. The first-order chi connectivity index (χ1) is 7.68. The highest BCUT2D eigenvalue weighted by Gasteiger charge is 2.14. The topological polar surface area (TPSA) is 26.3 Å². The quantitative estimate of drug-likeness (QED) is 0.490. The van der Waals surface area contributed by atoms with Crippen LogP contribution in [0, 0.1) is 5.92 Å². The molecule has 0 N–H and O–H groups in total. The Balaban J connectivity index is 1.87. The molecule has 0 aromatic carbocycles. The molecule has 0 saturated carbocycles. The lowest BCUT2D eigenvalue weighted by atomic mass is 10.0. The van der Waals surface area contributed by atoms with Gasteiger partial charge in [0.2, 0.25) is 0 Å². The zero-order valence-electron chi connectivity index (χ0n) is 10.0. The first kappa shape index (κ1) is 13.2.